The topological polar surface area (TPSA) is 67.4 Å². The number of rotatable bonds is 5. The summed E-state index contributed by atoms with van der Waals surface area (Å²) in [6.07, 6.45) is 0.684. The normalized spacial score (nSPS) is 10.0. The Bertz CT molecular complexity index is 681. The first-order valence-corrected chi connectivity index (χ1v) is 7.37. The molecule has 0 aromatic heterocycles. The zero-order chi connectivity index (χ0) is 16.7. The van der Waals surface area contributed by atoms with Crippen molar-refractivity contribution in [3.05, 3.63) is 59.7 Å². The molecule has 5 nitrogen and oxygen atoms in total. The van der Waals surface area contributed by atoms with Crippen LogP contribution in [0.15, 0.2) is 48.5 Å². The summed E-state index contributed by atoms with van der Waals surface area (Å²) in [5, 5.41) is 5.16. The van der Waals surface area contributed by atoms with Gasteiger partial charge in [0.2, 0.25) is 0 Å². The summed E-state index contributed by atoms with van der Waals surface area (Å²) in [7, 11) is 1.56. The summed E-state index contributed by atoms with van der Waals surface area (Å²) in [6, 6.07) is 14.8. The van der Waals surface area contributed by atoms with E-state index in [1.807, 2.05) is 25.1 Å². The Balaban J connectivity index is 1.79. The van der Waals surface area contributed by atoms with Crippen LogP contribution in [-0.4, -0.2) is 25.5 Å². The van der Waals surface area contributed by atoms with E-state index < -0.39 is 11.8 Å². The molecule has 2 amide bonds. The Labute approximate surface area is 135 Å². The molecule has 2 aromatic rings. The van der Waals surface area contributed by atoms with Crippen molar-refractivity contribution in [3.8, 4) is 5.75 Å². The third-order valence-electron chi connectivity index (χ3n) is 3.34. The second-order valence-electron chi connectivity index (χ2n) is 5.18. The molecule has 0 bridgehead atoms. The first-order chi connectivity index (χ1) is 11.1. The maximum atomic E-state index is 11.8. The van der Waals surface area contributed by atoms with Crippen molar-refractivity contribution >= 4 is 17.5 Å². The third-order valence-corrected chi connectivity index (χ3v) is 3.34. The number of amides is 2. The summed E-state index contributed by atoms with van der Waals surface area (Å²) in [6.45, 7) is 2.43. The number of carbonyl (C=O) groups excluding carboxylic acids is 2. The smallest absolute Gasteiger partial charge is 0.313 e. The minimum Gasteiger partial charge on any atom is -0.497 e. The molecular formula is C18H20N2O3. The Morgan fingerprint density at radius 2 is 1.78 bits per heavy atom. The van der Waals surface area contributed by atoms with Crippen LogP contribution < -0.4 is 15.4 Å². The van der Waals surface area contributed by atoms with Crippen molar-refractivity contribution in [2.45, 2.75) is 13.3 Å². The fraction of sp³-hybridized carbons (Fsp3) is 0.222. The van der Waals surface area contributed by atoms with Crippen LogP contribution in [-0.2, 0) is 16.0 Å². The number of ether oxygens (including phenoxy) is 1. The van der Waals surface area contributed by atoms with E-state index in [1.54, 1.807) is 31.4 Å². The highest BCUT2D eigenvalue weighted by molar-refractivity contribution is 6.39. The second-order valence-corrected chi connectivity index (χ2v) is 5.18. The van der Waals surface area contributed by atoms with Gasteiger partial charge in [-0.3, -0.25) is 9.59 Å². The number of hydrogen-bond acceptors (Lipinski definition) is 3. The molecule has 0 aliphatic heterocycles. The van der Waals surface area contributed by atoms with Crippen LogP contribution >= 0.6 is 0 Å². The summed E-state index contributed by atoms with van der Waals surface area (Å²) in [5.41, 5.74) is 2.84. The van der Waals surface area contributed by atoms with Crippen LogP contribution in [0.4, 0.5) is 5.69 Å². The number of methoxy groups -OCH3 is 1. The van der Waals surface area contributed by atoms with Crippen LogP contribution in [0.25, 0.3) is 0 Å². The Hall–Kier alpha value is -2.82. The van der Waals surface area contributed by atoms with Crippen molar-refractivity contribution in [2.24, 2.45) is 0 Å². The molecule has 0 heterocycles. The molecule has 0 saturated carbocycles. The van der Waals surface area contributed by atoms with Gasteiger partial charge in [0.25, 0.3) is 0 Å². The minimum absolute atomic E-state index is 0.415. The molecule has 0 aliphatic rings. The standard InChI is InChI=1S/C18H20N2O3/c1-13-4-3-5-14(12-13)10-11-19-17(21)18(22)20-15-6-8-16(23-2)9-7-15/h3-9,12H,10-11H2,1-2H3,(H,19,21)(H,20,22). The van der Waals surface area contributed by atoms with E-state index in [0.29, 0.717) is 24.4 Å². The van der Waals surface area contributed by atoms with Gasteiger partial charge in [-0.25, -0.2) is 0 Å². The lowest BCUT2D eigenvalue weighted by Gasteiger charge is -2.07. The molecule has 2 N–H and O–H groups in total. The zero-order valence-electron chi connectivity index (χ0n) is 13.3. The number of hydrogen-bond donors (Lipinski definition) is 2. The molecule has 0 saturated heterocycles. The monoisotopic (exact) mass is 312 g/mol. The van der Waals surface area contributed by atoms with E-state index in [0.717, 1.165) is 5.56 Å². The second kappa shape index (κ2) is 7.98. The van der Waals surface area contributed by atoms with Gasteiger partial charge >= 0.3 is 11.8 Å². The largest absolute Gasteiger partial charge is 0.497 e. The highest BCUT2D eigenvalue weighted by Crippen LogP contribution is 2.14. The number of carbonyl (C=O) groups is 2. The molecular weight excluding hydrogens is 292 g/mol. The van der Waals surface area contributed by atoms with Crippen molar-refractivity contribution in [2.75, 3.05) is 19.0 Å². The SMILES string of the molecule is COc1ccc(NC(=O)C(=O)NCCc2cccc(C)c2)cc1. The van der Waals surface area contributed by atoms with E-state index in [2.05, 4.69) is 16.7 Å². The molecule has 23 heavy (non-hydrogen) atoms. The molecule has 0 fully saturated rings. The predicted octanol–water partition coefficient (Wildman–Crippen LogP) is 2.30. The van der Waals surface area contributed by atoms with E-state index in [-0.39, 0.29) is 0 Å². The summed E-state index contributed by atoms with van der Waals surface area (Å²) < 4.78 is 5.03. The van der Waals surface area contributed by atoms with Gasteiger partial charge in [-0.2, -0.15) is 0 Å². The lowest BCUT2D eigenvalue weighted by Crippen LogP contribution is -2.36. The molecule has 5 heteroatoms. The number of benzene rings is 2. The van der Waals surface area contributed by atoms with Gasteiger partial charge in [0.05, 0.1) is 7.11 Å². The average molecular weight is 312 g/mol. The van der Waals surface area contributed by atoms with Crippen molar-refractivity contribution in [3.63, 3.8) is 0 Å². The van der Waals surface area contributed by atoms with Gasteiger partial charge in [0.1, 0.15) is 5.75 Å². The van der Waals surface area contributed by atoms with E-state index in [9.17, 15) is 9.59 Å². The number of aryl methyl sites for hydroxylation is 1. The minimum atomic E-state index is -0.681. The van der Waals surface area contributed by atoms with Gasteiger partial charge < -0.3 is 15.4 Å². The molecule has 0 spiro atoms. The molecule has 2 aromatic carbocycles. The molecule has 0 aliphatic carbocycles. The summed E-state index contributed by atoms with van der Waals surface area (Å²) in [5.74, 6) is -0.640. The summed E-state index contributed by atoms with van der Waals surface area (Å²) in [4.78, 5) is 23.6. The van der Waals surface area contributed by atoms with Gasteiger partial charge in [-0.15, -0.1) is 0 Å². The molecule has 120 valence electrons. The fourth-order valence-electron chi connectivity index (χ4n) is 2.13. The Kier molecular flexibility index (Phi) is 5.74. The molecule has 0 atom stereocenters. The van der Waals surface area contributed by atoms with Crippen LogP contribution in [0.5, 0.6) is 5.75 Å². The maximum absolute atomic E-state index is 11.8. The van der Waals surface area contributed by atoms with Crippen LogP contribution in [0.1, 0.15) is 11.1 Å². The van der Waals surface area contributed by atoms with Gasteiger partial charge in [0.15, 0.2) is 0 Å². The van der Waals surface area contributed by atoms with E-state index >= 15 is 0 Å². The average Bonchev–Trinajstić information content (AvgIpc) is 2.55. The van der Waals surface area contributed by atoms with Gasteiger partial charge in [0, 0.05) is 12.2 Å². The van der Waals surface area contributed by atoms with Crippen LogP contribution in [0.3, 0.4) is 0 Å². The van der Waals surface area contributed by atoms with E-state index in [1.165, 1.54) is 5.56 Å². The Morgan fingerprint density at radius 3 is 2.43 bits per heavy atom. The number of anilines is 1. The lowest BCUT2D eigenvalue weighted by atomic mass is 10.1. The Morgan fingerprint density at radius 1 is 1.04 bits per heavy atom. The molecule has 0 radical (unpaired) electrons. The van der Waals surface area contributed by atoms with Gasteiger partial charge in [-0.05, 0) is 43.2 Å². The zero-order valence-corrected chi connectivity index (χ0v) is 13.3. The fourth-order valence-corrected chi connectivity index (χ4v) is 2.13. The maximum Gasteiger partial charge on any atom is 0.313 e. The predicted molar refractivity (Wildman–Crippen MR) is 89.5 cm³/mol. The third kappa shape index (κ3) is 5.14. The molecule has 0 unspecified atom stereocenters. The van der Waals surface area contributed by atoms with Crippen LogP contribution in [0.2, 0.25) is 0 Å². The van der Waals surface area contributed by atoms with Gasteiger partial charge in [-0.1, -0.05) is 29.8 Å². The van der Waals surface area contributed by atoms with Crippen molar-refractivity contribution in [1.29, 1.82) is 0 Å². The van der Waals surface area contributed by atoms with Crippen LogP contribution in [0, 0.1) is 6.92 Å². The first-order valence-electron chi connectivity index (χ1n) is 7.37. The molecule has 2 rings (SSSR count). The van der Waals surface area contributed by atoms with Crippen molar-refractivity contribution < 1.29 is 14.3 Å². The number of nitrogens with one attached hydrogen (secondary N) is 2. The summed E-state index contributed by atoms with van der Waals surface area (Å²) >= 11 is 0. The highest BCUT2D eigenvalue weighted by atomic mass is 16.5. The van der Waals surface area contributed by atoms with Crippen molar-refractivity contribution in [1.82, 2.24) is 5.32 Å². The first kappa shape index (κ1) is 16.5. The highest BCUT2D eigenvalue weighted by Gasteiger charge is 2.13. The lowest BCUT2D eigenvalue weighted by molar-refractivity contribution is -0.136. The quantitative estimate of drug-likeness (QED) is 0.833. The van der Waals surface area contributed by atoms with E-state index in [4.69, 9.17) is 4.74 Å².